The summed E-state index contributed by atoms with van der Waals surface area (Å²) in [5, 5.41) is 14.6. The Morgan fingerprint density at radius 2 is 2.30 bits per heavy atom. The lowest BCUT2D eigenvalue weighted by Gasteiger charge is -2.22. The predicted molar refractivity (Wildman–Crippen MR) is 77.9 cm³/mol. The van der Waals surface area contributed by atoms with Crippen molar-refractivity contribution in [1.82, 2.24) is 10.2 Å². The Bertz CT molecular complexity index is 529. The monoisotopic (exact) mass is 295 g/mol. The van der Waals surface area contributed by atoms with Gasteiger partial charge in [0.15, 0.2) is 0 Å². The van der Waals surface area contributed by atoms with Crippen LogP contribution in [0.25, 0.3) is 0 Å². The van der Waals surface area contributed by atoms with E-state index in [-0.39, 0.29) is 10.7 Å². The summed E-state index contributed by atoms with van der Waals surface area (Å²) in [6.07, 6.45) is 2.46. The van der Waals surface area contributed by atoms with Gasteiger partial charge in [-0.1, -0.05) is 17.7 Å². The Hall–Kier alpha value is -1.17. The molecule has 0 aliphatic carbocycles. The van der Waals surface area contributed by atoms with Gasteiger partial charge in [-0.3, -0.25) is 15.0 Å². The second-order valence-electron chi connectivity index (χ2n) is 5.93. The molecule has 0 bridgehead atoms. The average molecular weight is 296 g/mol. The summed E-state index contributed by atoms with van der Waals surface area (Å²) in [6, 6.07) is 5.10. The largest absolute Gasteiger partial charge is 0.316 e. The van der Waals surface area contributed by atoms with Gasteiger partial charge in [-0.25, -0.2) is 0 Å². The van der Waals surface area contributed by atoms with Gasteiger partial charge in [0.25, 0.3) is 5.69 Å². The Labute approximate surface area is 123 Å². The molecule has 6 heteroatoms. The molecular formula is C14H18ClN3O2. The van der Waals surface area contributed by atoms with Gasteiger partial charge >= 0.3 is 0 Å². The first-order chi connectivity index (χ1) is 9.58. The van der Waals surface area contributed by atoms with E-state index in [4.69, 9.17) is 11.6 Å². The summed E-state index contributed by atoms with van der Waals surface area (Å²) in [7, 11) is 0. The topological polar surface area (TPSA) is 58.4 Å². The van der Waals surface area contributed by atoms with Crippen molar-refractivity contribution in [2.75, 3.05) is 26.2 Å². The number of hydrogen-bond donors (Lipinski definition) is 1. The van der Waals surface area contributed by atoms with Crippen molar-refractivity contribution < 1.29 is 4.92 Å². The van der Waals surface area contributed by atoms with E-state index >= 15 is 0 Å². The Morgan fingerprint density at radius 3 is 3.00 bits per heavy atom. The van der Waals surface area contributed by atoms with E-state index in [0.717, 1.165) is 38.3 Å². The van der Waals surface area contributed by atoms with E-state index in [2.05, 4.69) is 10.2 Å². The third-order valence-corrected chi connectivity index (χ3v) is 4.78. The molecule has 1 aromatic carbocycles. The quantitative estimate of drug-likeness (QED) is 0.687. The number of nitrogens with zero attached hydrogens (tertiary/aromatic N) is 2. The van der Waals surface area contributed by atoms with Gasteiger partial charge in [0.1, 0.15) is 5.02 Å². The molecule has 1 atom stereocenters. The van der Waals surface area contributed by atoms with Crippen LogP contribution in [0.3, 0.4) is 0 Å². The molecular weight excluding hydrogens is 278 g/mol. The third kappa shape index (κ3) is 2.66. The highest BCUT2D eigenvalue weighted by Crippen LogP contribution is 2.37. The van der Waals surface area contributed by atoms with Crippen molar-refractivity contribution >= 4 is 17.3 Å². The molecule has 2 aliphatic rings. The molecule has 1 spiro atoms. The fourth-order valence-corrected chi connectivity index (χ4v) is 3.55. The summed E-state index contributed by atoms with van der Waals surface area (Å²) in [6.45, 7) is 5.12. The first kappa shape index (κ1) is 13.8. The van der Waals surface area contributed by atoms with Gasteiger partial charge in [0, 0.05) is 25.7 Å². The number of benzene rings is 1. The number of rotatable bonds is 3. The molecule has 2 aliphatic heterocycles. The molecule has 3 rings (SSSR count). The van der Waals surface area contributed by atoms with E-state index in [1.165, 1.54) is 12.8 Å². The van der Waals surface area contributed by atoms with Crippen LogP contribution in [-0.4, -0.2) is 36.0 Å². The fourth-order valence-electron chi connectivity index (χ4n) is 3.36. The van der Waals surface area contributed by atoms with Crippen molar-refractivity contribution in [1.29, 1.82) is 0 Å². The smallest absolute Gasteiger partial charge is 0.288 e. The van der Waals surface area contributed by atoms with Gasteiger partial charge in [-0.05, 0) is 43.0 Å². The van der Waals surface area contributed by atoms with Crippen LogP contribution in [0.4, 0.5) is 5.69 Å². The van der Waals surface area contributed by atoms with E-state index < -0.39 is 4.92 Å². The van der Waals surface area contributed by atoms with Crippen LogP contribution in [0.1, 0.15) is 18.4 Å². The normalized spacial score (nSPS) is 26.4. The Kier molecular flexibility index (Phi) is 3.67. The predicted octanol–water partition coefficient (Wildman–Crippen LogP) is 2.43. The van der Waals surface area contributed by atoms with E-state index in [1.54, 1.807) is 12.1 Å². The van der Waals surface area contributed by atoms with Crippen LogP contribution >= 0.6 is 11.6 Å². The van der Waals surface area contributed by atoms with Crippen LogP contribution in [0.5, 0.6) is 0 Å². The molecule has 0 radical (unpaired) electrons. The van der Waals surface area contributed by atoms with Crippen LogP contribution in [0.15, 0.2) is 18.2 Å². The minimum atomic E-state index is -0.418. The summed E-state index contributed by atoms with van der Waals surface area (Å²) in [5.74, 6) is 0. The van der Waals surface area contributed by atoms with Crippen LogP contribution in [-0.2, 0) is 6.54 Å². The van der Waals surface area contributed by atoms with Crippen LogP contribution < -0.4 is 5.32 Å². The SMILES string of the molecule is O=[N+]([O-])c1cc(CN2CCC3(CCNC3)C2)ccc1Cl. The lowest BCUT2D eigenvalue weighted by atomic mass is 9.86. The second-order valence-corrected chi connectivity index (χ2v) is 6.34. The van der Waals surface area contributed by atoms with Gasteiger partial charge < -0.3 is 5.32 Å². The summed E-state index contributed by atoms with van der Waals surface area (Å²) < 4.78 is 0. The first-order valence-electron chi connectivity index (χ1n) is 6.94. The minimum absolute atomic E-state index is 0.000565. The highest BCUT2D eigenvalue weighted by Gasteiger charge is 2.40. The van der Waals surface area contributed by atoms with E-state index in [1.807, 2.05) is 6.07 Å². The number of likely N-dealkylation sites (tertiary alicyclic amines) is 1. The maximum absolute atomic E-state index is 10.9. The molecule has 1 N–H and O–H groups in total. The van der Waals surface area contributed by atoms with Gasteiger partial charge in [-0.2, -0.15) is 0 Å². The van der Waals surface area contributed by atoms with Crippen LogP contribution in [0.2, 0.25) is 5.02 Å². The standard InChI is InChI=1S/C14H18ClN3O2/c15-12-2-1-11(7-13(12)18(19)20)8-17-6-4-14(10-17)3-5-16-9-14/h1-2,7,16H,3-6,8-10H2. The zero-order valence-electron chi connectivity index (χ0n) is 11.3. The number of hydrogen-bond acceptors (Lipinski definition) is 4. The number of nitro groups is 1. The van der Waals surface area contributed by atoms with Crippen molar-refractivity contribution in [2.24, 2.45) is 5.41 Å². The highest BCUT2D eigenvalue weighted by atomic mass is 35.5. The number of nitrogens with one attached hydrogen (secondary N) is 1. The lowest BCUT2D eigenvalue weighted by molar-refractivity contribution is -0.384. The molecule has 5 nitrogen and oxygen atoms in total. The Balaban J connectivity index is 1.69. The molecule has 1 unspecified atom stereocenters. The maximum atomic E-state index is 10.9. The lowest BCUT2D eigenvalue weighted by Crippen LogP contribution is -2.28. The molecule has 1 aromatic rings. The zero-order chi connectivity index (χ0) is 14.2. The molecule has 2 heterocycles. The van der Waals surface area contributed by atoms with Crippen LogP contribution in [0, 0.1) is 15.5 Å². The van der Waals surface area contributed by atoms with Crippen molar-refractivity contribution in [3.8, 4) is 0 Å². The Morgan fingerprint density at radius 1 is 1.45 bits per heavy atom. The molecule has 2 fully saturated rings. The number of nitro benzene ring substituents is 1. The molecule has 2 saturated heterocycles. The van der Waals surface area contributed by atoms with Crippen molar-refractivity contribution in [3.63, 3.8) is 0 Å². The van der Waals surface area contributed by atoms with E-state index in [0.29, 0.717) is 5.41 Å². The molecule has 0 amide bonds. The zero-order valence-corrected chi connectivity index (χ0v) is 12.0. The average Bonchev–Trinajstić information content (AvgIpc) is 3.03. The highest BCUT2D eigenvalue weighted by molar-refractivity contribution is 6.32. The van der Waals surface area contributed by atoms with Crippen molar-refractivity contribution in [3.05, 3.63) is 38.9 Å². The van der Waals surface area contributed by atoms with E-state index in [9.17, 15) is 10.1 Å². The summed E-state index contributed by atoms with van der Waals surface area (Å²) >= 11 is 5.84. The second kappa shape index (κ2) is 5.31. The number of halogens is 1. The molecule has 0 saturated carbocycles. The minimum Gasteiger partial charge on any atom is -0.316 e. The van der Waals surface area contributed by atoms with Crippen molar-refractivity contribution in [2.45, 2.75) is 19.4 Å². The fraction of sp³-hybridized carbons (Fsp3) is 0.571. The van der Waals surface area contributed by atoms with Gasteiger partial charge in [0.05, 0.1) is 4.92 Å². The van der Waals surface area contributed by atoms with Gasteiger partial charge in [-0.15, -0.1) is 0 Å². The molecule has 108 valence electrons. The first-order valence-corrected chi connectivity index (χ1v) is 7.32. The summed E-state index contributed by atoms with van der Waals surface area (Å²) in [5.41, 5.74) is 1.39. The third-order valence-electron chi connectivity index (χ3n) is 4.46. The maximum Gasteiger partial charge on any atom is 0.288 e. The van der Waals surface area contributed by atoms with Gasteiger partial charge in [0.2, 0.25) is 0 Å². The summed E-state index contributed by atoms with van der Waals surface area (Å²) in [4.78, 5) is 12.9. The molecule has 20 heavy (non-hydrogen) atoms. The molecule has 0 aromatic heterocycles.